The molecule has 0 N–H and O–H groups in total. The molecule has 0 radical (unpaired) electrons. The number of sulfone groups is 1. The van der Waals surface area contributed by atoms with Crippen molar-refractivity contribution in [3.05, 3.63) is 65.9 Å². The lowest BCUT2D eigenvalue weighted by Crippen LogP contribution is -2.21. The molecule has 0 saturated heterocycles. The number of benzene rings is 2. The van der Waals surface area contributed by atoms with Gasteiger partial charge in [-0.3, -0.25) is 4.98 Å². The van der Waals surface area contributed by atoms with Gasteiger partial charge in [-0.05, 0) is 22.8 Å². The summed E-state index contributed by atoms with van der Waals surface area (Å²) in [7, 11) is -3.04. The Bertz CT molecular complexity index is 969. The van der Waals surface area contributed by atoms with Gasteiger partial charge in [-0.15, -0.1) is 12.4 Å². The first kappa shape index (κ1) is 16.0. The lowest BCUT2D eigenvalue weighted by atomic mass is 9.94. The summed E-state index contributed by atoms with van der Waals surface area (Å²) >= 11 is 0. The van der Waals surface area contributed by atoms with E-state index in [9.17, 15) is 8.42 Å². The molecule has 0 saturated carbocycles. The van der Waals surface area contributed by atoms with Gasteiger partial charge >= 0.3 is 0 Å². The van der Waals surface area contributed by atoms with Crippen molar-refractivity contribution in [3.63, 3.8) is 0 Å². The molecular weight excluding hydrogens is 330 g/mol. The maximum absolute atomic E-state index is 12.1. The molecule has 0 spiro atoms. The number of para-hydroxylation sites is 1. The van der Waals surface area contributed by atoms with E-state index in [2.05, 4.69) is 0 Å². The number of halogens is 1. The highest BCUT2D eigenvalue weighted by atomic mass is 35.5. The van der Waals surface area contributed by atoms with Gasteiger partial charge < -0.3 is 0 Å². The van der Waals surface area contributed by atoms with Crippen LogP contribution in [0.25, 0.3) is 22.0 Å². The second-order valence-electron chi connectivity index (χ2n) is 5.64. The zero-order valence-corrected chi connectivity index (χ0v) is 14.0. The van der Waals surface area contributed by atoms with E-state index in [1.54, 1.807) is 0 Å². The molecule has 23 heavy (non-hydrogen) atoms. The van der Waals surface area contributed by atoms with E-state index < -0.39 is 9.84 Å². The Hall–Kier alpha value is -1.91. The average molecular weight is 346 g/mol. The van der Waals surface area contributed by atoms with E-state index in [-0.39, 0.29) is 23.9 Å². The van der Waals surface area contributed by atoms with E-state index in [0.717, 1.165) is 33.3 Å². The highest BCUT2D eigenvalue weighted by Crippen LogP contribution is 2.36. The van der Waals surface area contributed by atoms with Gasteiger partial charge in [0, 0.05) is 17.5 Å². The third kappa shape index (κ3) is 2.84. The van der Waals surface area contributed by atoms with Gasteiger partial charge in [0.15, 0.2) is 9.84 Å². The van der Waals surface area contributed by atoms with Crippen molar-refractivity contribution in [1.82, 2.24) is 4.98 Å². The molecule has 118 valence electrons. The van der Waals surface area contributed by atoms with Crippen LogP contribution in [0, 0.1) is 0 Å². The van der Waals surface area contributed by atoms with E-state index in [0.29, 0.717) is 6.42 Å². The highest BCUT2D eigenvalue weighted by Gasteiger charge is 2.26. The number of hydrogen-bond donors (Lipinski definition) is 0. The van der Waals surface area contributed by atoms with Crippen LogP contribution in [0.1, 0.15) is 11.3 Å². The fourth-order valence-corrected chi connectivity index (χ4v) is 4.54. The van der Waals surface area contributed by atoms with Crippen molar-refractivity contribution < 1.29 is 8.42 Å². The smallest absolute Gasteiger partial charge is 0.154 e. The first-order chi connectivity index (χ1) is 10.6. The molecule has 0 aliphatic carbocycles. The molecule has 3 aromatic rings. The van der Waals surface area contributed by atoms with Crippen LogP contribution in [0.4, 0.5) is 0 Å². The number of rotatable bonds is 1. The van der Waals surface area contributed by atoms with Crippen LogP contribution in [0.3, 0.4) is 0 Å². The summed E-state index contributed by atoms with van der Waals surface area (Å²) in [5.41, 5.74) is 4.79. The van der Waals surface area contributed by atoms with E-state index in [4.69, 9.17) is 4.98 Å². The minimum Gasteiger partial charge on any atom is -0.252 e. The zero-order valence-electron chi connectivity index (χ0n) is 12.4. The first-order valence-electron chi connectivity index (χ1n) is 7.30. The second kappa shape index (κ2) is 5.95. The number of hydrogen-bond acceptors (Lipinski definition) is 3. The quantitative estimate of drug-likeness (QED) is 0.674. The topological polar surface area (TPSA) is 47.0 Å². The van der Waals surface area contributed by atoms with Crippen molar-refractivity contribution in [3.8, 4) is 11.1 Å². The summed E-state index contributed by atoms with van der Waals surface area (Å²) in [5, 5.41) is 1.02. The summed E-state index contributed by atoms with van der Waals surface area (Å²) in [4.78, 5) is 4.70. The fourth-order valence-electron chi connectivity index (χ4n) is 3.14. The van der Waals surface area contributed by atoms with Gasteiger partial charge in [0.05, 0.1) is 17.0 Å². The largest absolute Gasteiger partial charge is 0.252 e. The summed E-state index contributed by atoms with van der Waals surface area (Å²) in [6.07, 6.45) is 0.502. The van der Waals surface area contributed by atoms with Gasteiger partial charge in [0.1, 0.15) is 0 Å². The van der Waals surface area contributed by atoms with Gasteiger partial charge in [0.25, 0.3) is 0 Å². The molecular formula is C18H16ClNO2S. The molecule has 2 heterocycles. The zero-order chi connectivity index (χ0) is 15.2. The third-order valence-corrected chi connectivity index (χ3v) is 5.71. The minimum atomic E-state index is -3.04. The molecule has 0 atom stereocenters. The summed E-state index contributed by atoms with van der Waals surface area (Å²) < 4.78 is 24.2. The lowest BCUT2D eigenvalue weighted by molar-refractivity contribution is 0.591. The van der Waals surface area contributed by atoms with Crippen LogP contribution in [0.5, 0.6) is 0 Å². The second-order valence-corrected chi connectivity index (χ2v) is 7.82. The molecule has 5 heteroatoms. The molecule has 3 nitrogen and oxygen atoms in total. The number of nitrogens with zero attached hydrogens (tertiary/aromatic N) is 1. The number of aromatic nitrogens is 1. The van der Waals surface area contributed by atoms with Crippen molar-refractivity contribution in [2.75, 3.05) is 5.75 Å². The molecule has 0 amide bonds. The Morgan fingerprint density at radius 1 is 0.913 bits per heavy atom. The highest BCUT2D eigenvalue weighted by molar-refractivity contribution is 7.90. The van der Waals surface area contributed by atoms with Gasteiger partial charge in [-0.2, -0.15) is 0 Å². The Kier molecular flexibility index (Phi) is 4.13. The summed E-state index contributed by atoms with van der Waals surface area (Å²) in [6, 6.07) is 17.9. The molecule has 0 bridgehead atoms. The van der Waals surface area contributed by atoms with Crippen molar-refractivity contribution in [2.24, 2.45) is 0 Å². The van der Waals surface area contributed by atoms with Crippen LogP contribution < -0.4 is 0 Å². The number of aryl methyl sites for hydroxylation is 1. The molecule has 0 unspecified atom stereocenters. The molecule has 0 fully saturated rings. The van der Waals surface area contributed by atoms with Crippen molar-refractivity contribution in [2.45, 2.75) is 12.2 Å². The van der Waals surface area contributed by atoms with Crippen LogP contribution in [0.15, 0.2) is 54.6 Å². The minimum absolute atomic E-state index is 0. The standard InChI is InChI=1S/C18H15NO2S.ClH/c20-22(21)11-10-17-15(12-22)18(13-6-2-1-3-7-13)14-8-4-5-9-16(14)19-17;/h1-9H,10-12H2;1H. The van der Waals surface area contributed by atoms with E-state index >= 15 is 0 Å². The maximum Gasteiger partial charge on any atom is 0.154 e. The maximum atomic E-state index is 12.1. The Labute approximate surface area is 141 Å². The predicted octanol–water partition coefficient (Wildman–Crippen LogP) is 3.79. The monoisotopic (exact) mass is 345 g/mol. The summed E-state index contributed by atoms with van der Waals surface area (Å²) in [6.45, 7) is 0. The SMILES string of the molecule is Cl.O=S1(=O)CCc2nc3ccccc3c(-c3ccccc3)c2C1. The van der Waals surface area contributed by atoms with Crippen LogP contribution in [-0.2, 0) is 22.0 Å². The predicted molar refractivity (Wildman–Crippen MR) is 95.6 cm³/mol. The Morgan fingerprint density at radius 2 is 1.61 bits per heavy atom. The van der Waals surface area contributed by atoms with Crippen molar-refractivity contribution in [1.29, 1.82) is 0 Å². The molecule has 2 aromatic carbocycles. The molecule has 1 aromatic heterocycles. The normalized spacial score (nSPS) is 15.7. The molecule has 4 rings (SSSR count). The number of fused-ring (bicyclic) bond motifs is 2. The van der Waals surface area contributed by atoms with Crippen molar-refractivity contribution >= 4 is 33.1 Å². The Balaban J connectivity index is 0.00000156. The first-order valence-corrected chi connectivity index (χ1v) is 9.12. The van der Waals surface area contributed by atoms with Gasteiger partial charge in [-0.25, -0.2) is 8.42 Å². The summed E-state index contributed by atoms with van der Waals surface area (Å²) in [5.74, 6) is 0.282. The third-order valence-electron chi connectivity index (χ3n) is 4.16. The number of pyridine rings is 1. The van der Waals surface area contributed by atoms with Gasteiger partial charge in [0.2, 0.25) is 0 Å². The Morgan fingerprint density at radius 3 is 2.39 bits per heavy atom. The molecule has 1 aliphatic heterocycles. The van der Waals surface area contributed by atoms with Crippen LogP contribution in [-0.4, -0.2) is 19.2 Å². The van der Waals surface area contributed by atoms with Crippen LogP contribution in [0.2, 0.25) is 0 Å². The van der Waals surface area contributed by atoms with E-state index in [1.165, 1.54) is 0 Å². The molecule has 1 aliphatic rings. The average Bonchev–Trinajstić information content (AvgIpc) is 2.53. The van der Waals surface area contributed by atoms with E-state index in [1.807, 2.05) is 54.6 Å². The van der Waals surface area contributed by atoms with Gasteiger partial charge in [-0.1, -0.05) is 48.5 Å². The lowest BCUT2D eigenvalue weighted by Gasteiger charge is -2.21. The van der Waals surface area contributed by atoms with Crippen LogP contribution >= 0.6 is 12.4 Å². The fraction of sp³-hybridized carbons (Fsp3) is 0.167.